The third kappa shape index (κ3) is 0.905. The van der Waals surface area contributed by atoms with Crippen molar-refractivity contribution in [3.63, 3.8) is 0 Å². The van der Waals surface area contributed by atoms with Crippen molar-refractivity contribution in [2.75, 3.05) is 0 Å². The Morgan fingerprint density at radius 2 is 2.08 bits per heavy atom. The van der Waals surface area contributed by atoms with Gasteiger partial charge in [0.2, 0.25) is 0 Å². The molecule has 0 bridgehead atoms. The fraction of sp³-hybridized carbons (Fsp3) is 0.222. The van der Waals surface area contributed by atoms with Crippen LogP contribution in [0.2, 0.25) is 0 Å². The zero-order valence-corrected chi connectivity index (χ0v) is 6.44. The quantitative estimate of drug-likeness (QED) is 0.438. The molecule has 1 aliphatic carbocycles. The number of oxime groups is 1. The number of aliphatic hydroxyl groups is 1. The molecule has 0 saturated heterocycles. The van der Waals surface area contributed by atoms with E-state index in [0.29, 0.717) is 12.1 Å². The second-order valence-electron chi connectivity index (χ2n) is 2.86. The zero-order chi connectivity index (χ0) is 8.55. The van der Waals surface area contributed by atoms with E-state index in [1.165, 1.54) is 0 Å². The van der Waals surface area contributed by atoms with Crippen LogP contribution in [0.25, 0.3) is 0 Å². The van der Waals surface area contributed by atoms with Crippen molar-refractivity contribution in [3.05, 3.63) is 35.4 Å². The molecule has 1 aromatic rings. The first kappa shape index (κ1) is 7.31. The highest BCUT2D eigenvalue weighted by molar-refractivity contribution is 6.07. The molecule has 0 saturated carbocycles. The molecule has 2 N–H and O–H groups in total. The van der Waals surface area contributed by atoms with E-state index in [0.717, 1.165) is 11.1 Å². The van der Waals surface area contributed by atoms with Gasteiger partial charge in [-0.3, -0.25) is 0 Å². The van der Waals surface area contributed by atoms with Gasteiger partial charge in [0.15, 0.2) is 0 Å². The molecule has 1 atom stereocenters. The first-order chi connectivity index (χ1) is 5.83. The summed E-state index contributed by atoms with van der Waals surface area (Å²) in [6.45, 7) is 0. The van der Waals surface area contributed by atoms with Gasteiger partial charge in [0, 0.05) is 12.0 Å². The number of benzene rings is 1. The van der Waals surface area contributed by atoms with E-state index >= 15 is 0 Å². The molecule has 0 amide bonds. The van der Waals surface area contributed by atoms with Crippen molar-refractivity contribution in [1.82, 2.24) is 0 Å². The Hall–Kier alpha value is -1.35. The van der Waals surface area contributed by atoms with Gasteiger partial charge in [-0.25, -0.2) is 0 Å². The monoisotopic (exact) mass is 163 g/mol. The lowest BCUT2D eigenvalue weighted by molar-refractivity contribution is 0.237. The van der Waals surface area contributed by atoms with Crippen LogP contribution in [0.4, 0.5) is 0 Å². The van der Waals surface area contributed by atoms with Crippen LogP contribution in [0.1, 0.15) is 11.1 Å². The zero-order valence-electron chi connectivity index (χ0n) is 6.44. The largest absolute Gasteiger partial charge is 0.411 e. The topological polar surface area (TPSA) is 52.8 Å². The Morgan fingerprint density at radius 3 is 2.83 bits per heavy atom. The van der Waals surface area contributed by atoms with Gasteiger partial charge in [-0.05, 0) is 5.56 Å². The van der Waals surface area contributed by atoms with Gasteiger partial charge >= 0.3 is 0 Å². The van der Waals surface area contributed by atoms with Gasteiger partial charge < -0.3 is 10.3 Å². The number of aliphatic hydroxyl groups excluding tert-OH is 1. The Balaban J connectivity index is 2.55. The molecule has 0 aromatic heterocycles. The number of hydrogen-bond donors (Lipinski definition) is 2. The number of fused-ring (bicyclic) bond motifs is 1. The molecule has 62 valence electrons. The smallest absolute Gasteiger partial charge is 0.116 e. The summed E-state index contributed by atoms with van der Waals surface area (Å²) in [5.74, 6) is 0. The van der Waals surface area contributed by atoms with Gasteiger partial charge in [-0.1, -0.05) is 29.4 Å². The third-order valence-corrected chi connectivity index (χ3v) is 2.13. The summed E-state index contributed by atoms with van der Waals surface area (Å²) in [7, 11) is 0. The van der Waals surface area contributed by atoms with E-state index in [4.69, 9.17) is 5.21 Å². The minimum Gasteiger partial charge on any atom is -0.411 e. The predicted molar refractivity (Wildman–Crippen MR) is 44.5 cm³/mol. The molecule has 0 aliphatic heterocycles. The molecule has 1 aliphatic rings. The Bertz CT molecular complexity index is 333. The van der Waals surface area contributed by atoms with Gasteiger partial charge in [-0.2, -0.15) is 0 Å². The Morgan fingerprint density at radius 1 is 1.33 bits per heavy atom. The Labute approximate surface area is 70.0 Å². The maximum atomic E-state index is 9.42. The fourth-order valence-corrected chi connectivity index (χ4v) is 1.55. The van der Waals surface area contributed by atoms with Crippen LogP contribution >= 0.6 is 0 Å². The summed E-state index contributed by atoms with van der Waals surface area (Å²) in [6.07, 6.45) is -0.0948. The average molecular weight is 163 g/mol. The SMILES string of the molecule is O/N=C1/c2ccccc2CC1O. The summed E-state index contributed by atoms with van der Waals surface area (Å²) >= 11 is 0. The maximum Gasteiger partial charge on any atom is 0.116 e. The lowest BCUT2D eigenvalue weighted by atomic mass is 10.1. The first-order valence-electron chi connectivity index (χ1n) is 3.81. The second-order valence-corrected chi connectivity index (χ2v) is 2.86. The van der Waals surface area contributed by atoms with Crippen molar-refractivity contribution in [3.8, 4) is 0 Å². The normalized spacial score (nSPS) is 24.4. The standard InChI is InChI=1S/C9H9NO2/c11-8-5-6-3-1-2-4-7(6)9(8)10-12/h1-4,8,11-12H,5H2/b10-9-. The van der Waals surface area contributed by atoms with E-state index in [2.05, 4.69) is 5.16 Å². The number of rotatable bonds is 0. The molecule has 1 aromatic carbocycles. The summed E-state index contributed by atoms with van der Waals surface area (Å²) in [4.78, 5) is 0. The predicted octanol–water partition coefficient (Wildman–Crippen LogP) is 0.782. The molecule has 0 fully saturated rings. The molecule has 0 spiro atoms. The summed E-state index contributed by atoms with van der Waals surface area (Å²) in [6, 6.07) is 7.55. The highest BCUT2D eigenvalue weighted by Crippen LogP contribution is 2.22. The van der Waals surface area contributed by atoms with Crippen molar-refractivity contribution in [1.29, 1.82) is 0 Å². The molecule has 3 nitrogen and oxygen atoms in total. The van der Waals surface area contributed by atoms with E-state index < -0.39 is 6.10 Å². The molecule has 3 heteroatoms. The van der Waals surface area contributed by atoms with E-state index in [1.807, 2.05) is 24.3 Å². The van der Waals surface area contributed by atoms with Crippen LogP contribution in [-0.2, 0) is 6.42 Å². The molecule has 1 unspecified atom stereocenters. The highest BCUT2D eigenvalue weighted by Gasteiger charge is 2.26. The van der Waals surface area contributed by atoms with E-state index in [-0.39, 0.29) is 0 Å². The van der Waals surface area contributed by atoms with Gasteiger partial charge in [0.1, 0.15) is 11.8 Å². The van der Waals surface area contributed by atoms with E-state index in [9.17, 15) is 5.11 Å². The minimum absolute atomic E-state index is 0.380. The molecule has 0 heterocycles. The first-order valence-corrected chi connectivity index (χ1v) is 3.81. The third-order valence-electron chi connectivity index (χ3n) is 2.13. The van der Waals surface area contributed by atoms with Crippen LogP contribution in [0, 0.1) is 0 Å². The summed E-state index contributed by atoms with van der Waals surface area (Å²) < 4.78 is 0. The van der Waals surface area contributed by atoms with Crippen molar-refractivity contribution >= 4 is 5.71 Å². The van der Waals surface area contributed by atoms with Crippen LogP contribution in [0.15, 0.2) is 29.4 Å². The van der Waals surface area contributed by atoms with Gasteiger partial charge in [0.05, 0.1) is 0 Å². The minimum atomic E-state index is -0.646. The summed E-state index contributed by atoms with van der Waals surface area (Å²) in [5, 5.41) is 21.1. The lowest BCUT2D eigenvalue weighted by Crippen LogP contribution is -2.15. The second kappa shape index (κ2) is 2.60. The van der Waals surface area contributed by atoms with Crippen molar-refractivity contribution in [2.24, 2.45) is 5.16 Å². The average Bonchev–Trinajstić information content (AvgIpc) is 2.40. The molecular weight excluding hydrogens is 154 g/mol. The van der Waals surface area contributed by atoms with Crippen molar-refractivity contribution < 1.29 is 10.3 Å². The van der Waals surface area contributed by atoms with Gasteiger partial charge in [0.25, 0.3) is 0 Å². The molecule has 2 rings (SSSR count). The van der Waals surface area contributed by atoms with E-state index in [1.54, 1.807) is 0 Å². The number of hydrogen-bond acceptors (Lipinski definition) is 3. The van der Waals surface area contributed by atoms with Crippen LogP contribution < -0.4 is 0 Å². The van der Waals surface area contributed by atoms with Crippen LogP contribution in [-0.4, -0.2) is 22.1 Å². The summed E-state index contributed by atoms with van der Waals surface area (Å²) in [5.41, 5.74) is 2.27. The lowest BCUT2D eigenvalue weighted by Gasteiger charge is -1.98. The maximum absolute atomic E-state index is 9.42. The molecule has 0 radical (unpaired) electrons. The van der Waals surface area contributed by atoms with Crippen LogP contribution in [0.5, 0.6) is 0 Å². The molecular formula is C9H9NO2. The number of nitrogens with zero attached hydrogens (tertiary/aromatic N) is 1. The van der Waals surface area contributed by atoms with Crippen LogP contribution in [0.3, 0.4) is 0 Å². The Kier molecular flexibility index (Phi) is 1.59. The fourth-order valence-electron chi connectivity index (χ4n) is 1.55. The molecule has 12 heavy (non-hydrogen) atoms. The van der Waals surface area contributed by atoms with Crippen molar-refractivity contribution in [2.45, 2.75) is 12.5 Å². The van der Waals surface area contributed by atoms with Gasteiger partial charge in [-0.15, -0.1) is 0 Å². The highest BCUT2D eigenvalue weighted by atomic mass is 16.4.